The molecule has 0 aliphatic carbocycles. The van der Waals surface area contributed by atoms with Gasteiger partial charge < -0.3 is 35.5 Å². The molecule has 1 radical (unpaired) electrons. The predicted octanol–water partition coefficient (Wildman–Crippen LogP) is 8.38. The van der Waals surface area contributed by atoms with Gasteiger partial charge in [-0.1, -0.05) is 97.1 Å². The number of carboxylic acid groups (broad SMARTS) is 4. The molecule has 16 heteroatoms. The fourth-order valence-electron chi connectivity index (χ4n) is 5.58. The second kappa shape index (κ2) is 36.1. The molecular formula is C58H49CuN6O9+. The van der Waals surface area contributed by atoms with Crippen molar-refractivity contribution in [3.63, 3.8) is 0 Å². The van der Waals surface area contributed by atoms with Crippen molar-refractivity contribution in [1.29, 1.82) is 0 Å². The number of carboxylic acids is 4. The summed E-state index contributed by atoms with van der Waals surface area (Å²) in [6.45, 7) is 0. The van der Waals surface area contributed by atoms with Crippen LogP contribution in [-0.4, -0.2) is 64.0 Å². The minimum absolute atomic E-state index is 0. The molecule has 0 saturated heterocycles. The molecule has 0 fully saturated rings. The normalized spacial score (nSPS) is 9.03. The standard InChI is InChI=1S/3C10H8N2.4C7H6O2.Cu.H2O/c3*1-5-11-6-2-9(1)10-3-7-12-8-4-10;4*8-7(9)6-4-2-1-3-5-6;;/h3*1-8H;4*1-5H,(H,8,9);;1H2/q;;;;;;;+2;/p-1. The van der Waals surface area contributed by atoms with E-state index < -0.39 is 23.9 Å². The molecular weight excluding hydrogens is 988 g/mol. The molecule has 6 heterocycles. The number of hydrogen-bond acceptors (Lipinski definition) is 12. The van der Waals surface area contributed by atoms with Crippen molar-refractivity contribution < 1.29 is 62.1 Å². The Morgan fingerprint density at radius 2 is 0.419 bits per heavy atom. The topological polar surface area (TPSA) is 265 Å². The van der Waals surface area contributed by atoms with Crippen molar-refractivity contribution in [2.45, 2.75) is 0 Å². The van der Waals surface area contributed by atoms with Crippen LogP contribution in [0.1, 0.15) is 41.4 Å². The van der Waals surface area contributed by atoms with E-state index in [4.69, 9.17) is 10.2 Å². The summed E-state index contributed by atoms with van der Waals surface area (Å²) in [6, 6.07) is 56.5. The molecule has 74 heavy (non-hydrogen) atoms. The minimum atomic E-state index is -1.13. The number of hydrogen-bond donors (Lipinski definition) is 2. The molecule has 0 atom stereocenters. The number of pyridine rings is 6. The maximum absolute atomic E-state index is 10.2. The van der Waals surface area contributed by atoms with Crippen molar-refractivity contribution in [3.8, 4) is 33.4 Å². The second-order valence-electron chi connectivity index (χ2n) is 14.1. The molecule has 375 valence electrons. The van der Waals surface area contributed by atoms with Gasteiger partial charge in [-0.25, -0.2) is 9.59 Å². The summed E-state index contributed by atoms with van der Waals surface area (Å²) in [7, 11) is 0. The Labute approximate surface area is 438 Å². The summed E-state index contributed by atoms with van der Waals surface area (Å²) < 4.78 is 0. The Morgan fingerprint density at radius 3 is 0.527 bits per heavy atom. The van der Waals surface area contributed by atoms with E-state index in [2.05, 4.69) is 29.9 Å². The van der Waals surface area contributed by atoms with Gasteiger partial charge in [0.2, 0.25) is 0 Å². The van der Waals surface area contributed by atoms with E-state index in [0.717, 1.165) is 0 Å². The molecule has 15 nitrogen and oxygen atoms in total. The molecule has 0 bridgehead atoms. The van der Waals surface area contributed by atoms with Crippen LogP contribution in [0.2, 0.25) is 0 Å². The van der Waals surface area contributed by atoms with Gasteiger partial charge >= 0.3 is 29.0 Å². The van der Waals surface area contributed by atoms with Gasteiger partial charge in [-0.2, -0.15) is 0 Å². The summed E-state index contributed by atoms with van der Waals surface area (Å²) >= 11 is 0. The predicted molar refractivity (Wildman–Crippen MR) is 276 cm³/mol. The second-order valence-corrected chi connectivity index (χ2v) is 14.1. The quantitative estimate of drug-likeness (QED) is 0.112. The Morgan fingerprint density at radius 1 is 0.270 bits per heavy atom. The van der Waals surface area contributed by atoms with Gasteiger partial charge in [-0.3, -0.25) is 29.9 Å². The number of carbonyl (C=O) groups excluding carboxylic acids is 2. The third-order valence-corrected chi connectivity index (χ3v) is 9.14. The summed E-state index contributed by atoms with van der Waals surface area (Å²) in [5, 5.41) is 36.9. The molecule has 6 aromatic heterocycles. The molecule has 0 unspecified atom stereocenters. The largest absolute Gasteiger partial charge is 2.00 e. The van der Waals surface area contributed by atoms with E-state index in [1.807, 2.05) is 72.8 Å². The number of rotatable bonds is 7. The first kappa shape index (κ1) is 60.3. The molecule has 10 rings (SSSR count). The number of nitrogens with zero attached hydrogens (tertiary/aromatic N) is 6. The van der Waals surface area contributed by atoms with Gasteiger partial charge in [0.1, 0.15) is 0 Å². The monoisotopic (exact) mass is 1040 g/mol. The Kier molecular flexibility index (Phi) is 29.4. The maximum Gasteiger partial charge on any atom is 2.00 e. The number of benzene rings is 4. The Hall–Kier alpha value is -9.86. The van der Waals surface area contributed by atoms with Crippen molar-refractivity contribution in [3.05, 3.63) is 291 Å². The number of aromatic nitrogens is 6. The molecule has 5 N–H and O–H groups in total. The first-order valence-corrected chi connectivity index (χ1v) is 21.6. The first-order valence-electron chi connectivity index (χ1n) is 21.6. The van der Waals surface area contributed by atoms with Gasteiger partial charge in [0.15, 0.2) is 0 Å². The minimum Gasteiger partial charge on any atom is -0.545 e. The Balaban J connectivity index is 0.000000296. The molecule has 4 aromatic carbocycles. The Bertz CT molecular complexity index is 2550. The molecule has 0 aliphatic rings. The van der Waals surface area contributed by atoms with Crippen molar-refractivity contribution in [2.75, 3.05) is 0 Å². The third-order valence-electron chi connectivity index (χ3n) is 9.14. The number of carbonyl (C=O) groups is 4. The molecule has 0 saturated carbocycles. The van der Waals surface area contributed by atoms with Crippen LogP contribution in [0, 0.1) is 0 Å². The average Bonchev–Trinajstić information content (AvgIpc) is 3.46. The molecule has 0 spiro atoms. The van der Waals surface area contributed by atoms with Gasteiger partial charge in [0.25, 0.3) is 0 Å². The van der Waals surface area contributed by atoms with Crippen LogP contribution < -0.4 is 10.2 Å². The zero-order valence-electron chi connectivity index (χ0n) is 39.3. The van der Waals surface area contributed by atoms with Crippen molar-refractivity contribution in [1.82, 2.24) is 29.9 Å². The van der Waals surface area contributed by atoms with E-state index in [9.17, 15) is 29.4 Å². The molecule has 0 amide bonds. The van der Waals surface area contributed by atoms with Crippen LogP contribution in [0.15, 0.2) is 268 Å². The summed E-state index contributed by atoms with van der Waals surface area (Å²) in [5.74, 6) is -4.02. The SMILES string of the molecule is O=C(O)c1ccccc1.O=C(O)c1ccccc1.O=C([O-])c1ccccc1.O=C([O-])c1ccccc1.[Cu+2].[OH3+].c1cc(-c2ccncc2)ccn1.c1cc(-c2ccncc2)ccn1.c1cc(-c2ccncc2)ccn1. The number of aromatic carboxylic acids is 4. The van der Waals surface area contributed by atoms with Crippen LogP contribution in [0.25, 0.3) is 33.4 Å². The van der Waals surface area contributed by atoms with Crippen LogP contribution in [0.4, 0.5) is 0 Å². The zero-order chi connectivity index (χ0) is 51.4. The summed E-state index contributed by atoms with van der Waals surface area (Å²) in [6.07, 6.45) is 21.4. The van der Waals surface area contributed by atoms with Crippen molar-refractivity contribution >= 4 is 23.9 Å². The van der Waals surface area contributed by atoms with E-state index in [1.54, 1.807) is 171 Å². The van der Waals surface area contributed by atoms with E-state index in [0.29, 0.717) is 11.1 Å². The molecule has 10 aromatic rings. The maximum atomic E-state index is 10.2. The fraction of sp³-hybridized carbons (Fsp3) is 0. The van der Waals surface area contributed by atoms with Gasteiger partial charge in [0, 0.05) is 74.4 Å². The van der Waals surface area contributed by atoms with Crippen LogP contribution in [0.3, 0.4) is 0 Å². The zero-order valence-corrected chi connectivity index (χ0v) is 40.3. The molecule has 0 aliphatic heterocycles. The van der Waals surface area contributed by atoms with Gasteiger partial charge in [-0.05, 0) is 142 Å². The van der Waals surface area contributed by atoms with Gasteiger partial charge in [0.05, 0.1) is 23.1 Å². The van der Waals surface area contributed by atoms with E-state index in [1.165, 1.54) is 57.6 Å². The van der Waals surface area contributed by atoms with Crippen LogP contribution in [-0.2, 0) is 22.5 Å². The fourth-order valence-corrected chi connectivity index (χ4v) is 5.58. The van der Waals surface area contributed by atoms with Crippen LogP contribution >= 0.6 is 0 Å². The van der Waals surface area contributed by atoms with E-state index >= 15 is 0 Å². The summed E-state index contributed by atoms with van der Waals surface area (Å²) in [4.78, 5) is 64.3. The average molecular weight is 1040 g/mol. The van der Waals surface area contributed by atoms with Gasteiger partial charge in [-0.15, -0.1) is 0 Å². The van der Waals surface area contributed by atoms with Crippen LogP contribution in [0.5, 0.6) is 0 Å². The third kappa shape index (κ3) is 24.1. The summed E-state index contributed by atoms with van der Waals surface area (Å²) in [5.41, 5.74) is 8.14. The van der Waals surface area contributed by atoms with Crippen molar-refractivity contribution in [2.24, 2.45) is 0 Å². The first-order chi connectivity index (χ1) is 35.1. The smallest absolute Gasteiger partial charge is 0.545 e. The van der Waals surface area contributed by atoms with E-state index in [-0.39, 0.29) is 33.7 Å².